The van der Waals surface area contributed by atoms with Gasteiger partial charge in [0.2, 0.25) is 5.95 Å². The number of rotatable bonds is 2. The number of anilines is 1. The zero-order valence-electron chi connectivity index (χ0n) is 10.6. The van der Waals surface area contributed by atoms with Gasteiger partial charge in [0.25, 0.3) is 0 Å². The summed E-state index contributed by atoms with van der Waals surface area (Å²) in [5.41, 5.74) is 0.872. The number of nitrogens with zero attached hydrogens (tertiary/aromatic N) is 3. The highest BCUT2D eigenvalue weighted by atomic mass is 16.4. The minimum absolute atomic E-state index is 0.0583. The Kier molecular flexibility index (Phi) is 2.67. The number of nitrogens with one attached hydrogen (secondary N) is 1. The molecule has 102 valence electrons. The van der Waals surface area contributed by atoms with Gasteiger partial charge < -0.3 is 15.5 Å². The van der Waals surface area contributed by atoms with E-state index in [1.807, 2.05) is 0 Å². The van der Waals surface area contributed by atoms with E-state index in [-0.39, 0.29) is 17.5 Å². The summed E-state index contributed by atoms with van der Waals surface area (Å²) < 4.78 is 1.62. The Morgan fingerprint density at radius 1 is 1.35 bits per heavy atom. The first-order chi connectivity index (χ1) is 9.54. The maximum atomic E-state index is 11.2. The van der Waals surface area contributed by atoms with E-state index < -0.39 is 5.97 Å². The van der Waals surface area contributed by atoms with Crippen molar-refractivity contribution in [2.24, 2.45) is 0 Å². The molecule has 0 radical (unpaired) electrons. The Morgan fingerprint density at radius 3 is 2.70 bits per heavy atom. The van der Waals surface area contributed by atoms with Crippen LogP contribution in [0, 0.1) is 6.92 Å². The van der Waals surface area contributed by atoms with Crippen molar-refractivity contribution >= 4 is 11.9 Å². The third kappa shape index (κ3) is 1.99. The molecule has 0 fully saturated rings. The molecule has 1 aromatic carbocycles. The standard InChI is InChI=1S/C13H12N4O3/c1-7-14-13-15-10(12(19)20)6-11(17(13)16-7)8-2-4-9(18)5-3-8/h2-6,11,18H,1H3,(H,19,20)(H,14,15,16)/t11-/m0/s1. The average Bonchev–Trinajstić information content (AvgIpc) is 2.78. The number of aromatic nitrogens is 3. The zero-order chi connectivity index (χ0) is 14.3. The zero-order valence-corrected chi connectivity index (χ0v) is 10.6. The fraction of sp³-hybridized carbons (Fsp3) is 0.154. The highest BCUT2D eigenvalue weighted by Crippen LogP contribution is 2.29. The van der Waals surface area contributed by atoms with E-state index in [1.165, 1.54) is 0 Å². The summed E-state index contributed by atoms with van der Waals surface area (Å²) in [6.45, 7) is 1.74. The number of aliphatic carboxylic acids is 1. The fourth-order valence-electron chi connectivity index (χ4n) is 2.13. The number of carbonyl (C=O) groups is 1. The van der Waals surface area contributed by atoms with Crippen molar-refractivity contribution in [1.29, 1.82) is 0 Å². The van der Waals surface area contributed by atoms with Crippen LogP contribution in [0.2, 0.25) is 0 Å². The quantitative estimate of drug-likeness (QED) is 0.761. The van der Waals surface area contributed by atoms with Crippen molar-refractivity contribution in [2.45, 2.75) is 13.0 Å². The summed E-state index contributed by atoms with van der Waals surface area (Å²) in [5.74, 6) is 0.0394. The van der Waals surface area contributed by atoms with Crippen LogP contribution in [-0.2, 0) is 4.79 Å². The monoisotopic (exact) mass is 272 g/mol. The Bertz CT molecular complexity index is 703. The number of carboxylic acids is 1. The number of phenols is 1. The number of phenolic OH excluding ortho intramolecular Hbond substituents is 1. The van der Waals surface area contributed by atoms with E-state index in [1.54, 1.807) is 41.9 Å². The maximum Gasteiger partial charge on any atom is 0.352 e. The molecule has 0 amide bonds. The van der Waals surface area contributed by atoms with Gasteiger partial charge in [0.15, 0.2) is 0 Å². The fourth-order valence-corrected chi connectivity index (χ4v) is 2.13. The van der Waals surface area contributed by atoms with Gasteiger partial charge in [-0.05, 0) is 30.7 Å². The van der Waals surface area contributed by atoms with Crippen LogP contribution in [-0.4, -0.2) is 30.9 Å². The highest BCUT2D eigenvalue weighted by molar-refractivity contribution is 5.90. The molecule has 3 N–H and O–H groups in total. The third-order valence-electron chi connectivity index (χ3n) is 3.04. The van der Waals surface area contributed by atoms with Crippen molar-refractivity contribution in [3.8, 4) is 5.75 Å². The molecule has 1 aromatic heterocycles. The van der Waals surface area contributed by atoms with Crippen molar-refractivity contribution in [3.63, 3.8) is 0 Å². The van der Waals surface area contributed by atoms with E-state index in [4.69, 9.17) is 5.11 Å². The Labute approximate surface area is 114 Å². The lowest BCUT2D eigenvalue weighted by atomic mass is 10.0. The lowest BCUT2D eigenvalue weighted by molar-refractivity contribution is -0.132. The smallest absolute Gasteiger partial charge is 0.352 e. The summed E-state index contributed by atoms with van der Waals surface area (Å²) in [6.07, 6.45) is 1.57. The van der Waals surface area contributed by atoms with Gasteiger partial charge in [0.05, 0.1) is 0 Å². The van der Waals surface area contributed by atoms with E-state index in [0.29, 0.717) is 11.8 Å². The molecule has 3 rings (SSSR count). The highest BCUT2D eigenvalue weighted by Gasteiger charge is 2.26. The molecule has 0 aliphatic carbocycles. The molecule has 7 nitrogen and oxygen atoms in total. The van der Waals surface area contributed by atoms with E-state index in [2.05, 4.69) is 15.4 Å². The van der Waals surface area contributed by atoms with Gasteiger partial charge in [-0.25, -0.2) is 9.48 Å². The molecule has 0 saturated carbocycles. The van der Waals surface area contributed by atoms with E-state index >= 15 is 0 Å². The average molecular weight is 272 g/mol. The van der Waals surface area contributed by atoms with Crippen LogP contribution < -0.4 is 5.32 Å². The van der Waals surface area contributed by atoms with E-state index in [9.17, 15) is 9.90 Å². The second-order valence-corrected chi connectivity index (χ2v) is 4.47. The molecule has 2 heterocycles. The summed E-state index contributed by atoms with van der Waals surface area (Å²) in [7, 11) is 0. The number of fused-ring (bicyclic) bond motifs is 1. The van der Waals surface area contributed by atoms with Crippen molar-refractivity contribution in [2.75, 3.05) is 5.32 Å². The number of carboxylic acid groups (broad SMARTS) is 1. The lowest BCUT2D eigenvalue weighted by Crippen LogP contribution is -2.24. The van der Waals surface area contributed by atoms with Gasteiger partial charge in [-0.2, -0.15) is 10.1 Å². The van der Waals surface area contributed by atoms with Crippen LogP contribution in [0.15, 0.2) is 36.0 Å². The Balaban J connectivity index is 2.11. The Morgan fingerprint density at radius 2 is 2.05 bits per heavy atom. The van der Waals surface area contributed by atoms with Crippen molar-refractivity contribution in [3.05, 3.63) is 47.4 Å². The first-order valence-electron chi connectivity index (χ1n) is 5.99. The van der Waals surface area contributed by atoms with Crippen molar-refractivity contribution in [1.82, 2.24) is 14.8 Å². The first-order valence-corrected chi connectivity index (χ1v) is 5.99. The van der Waals surface area contributed by atoms with Crippen LogP contribution in [0.25, 0.3) is 0 Å². The largest absolute Gasteiger partial charge is 0.508 e. The molecule has 7 heteroatoms. The maximum absolute atomic E-state index is 11.2. The molecule has 0 saturated heterocycles. The predicted molar refractivity (Wildman–Crippen MR) is 70.3 cm³/mol. The summed E-state index contributed by atoms with van der Waals surface area (Å²) in [6, 6.07) is 6.17. The van der Waals surface area contributed by atoms with Crippen LogP contribution in [0.5, 0.6) is 5.75 Å². The summed E-state index contributed by atoms with van der Waals surface area (Å²) in [4.78, 5) is 15.3. The van der Waals surface area contributed by atoms with Gasteiger partial charge in [-0.15, -0.1) is 0 Å². The van der Waals surface area contributed by atoms with Gasteiger partial charge in [0, 0.05) is 0 Å². The van der Waals surface area contributed by atoms with Gasteiger partial charge in [-0.1, -0.05) is 12.1 Å². The first kappa shape index (κ1) is 12.2. The number of benzene rings is 1. The van der Waals surface area contributed by atoms with Gasteiger partial charge in [0.1, 0.15) is 23.3 Å². The third-order valence-corrected chi connectivity index (χ3v) is 3.04. The SMILES string of the molecule is Cc1nc2n(n1)[C@H](c1ccc(O)cc1)C=C(C(=O)O)N2. The van der Waals surface area contributed by atoms with Gasteiger partial charge in [-0.3, -0.25) is 0 Å². The summed E-state index contributed by atoms with van der Waals surface area (Å²) in [5, 5.41) is 25.5. The number of aryl methyl sites for hydroxylation is 1. The minimum Gasteiger partial charge on any atom is -0.508 e. The van der Waals surface area contributed by atoms with Gasteiger partial charge >= 0.3 is 5.97 Å². The van der Waals surface area contributed by atoms with Crippen molar-refractivity contribution < 1.29 is 15.0 Å². The second kappa shape index (κ2) is 4.37. The topological polar surface area (TPSA) is 100 Å². The molecular formula is C13H12N4O3. The molecular weight excluding hydrogens is 260 g/mol. The molecule has 20 heavy (non-hydrogen) atoms. The molecule has 0 bridgehead atoms. The minimum atomic E-state index is -1.05. The lowest BCUT2D eigenvalue weighted by Gasteiger charge is -2.22. The van der Waals surface area contributed by atoms with Crippen LogP contribution >= 0.6 is 0 Å². The number of aromatic hydroxyl groups is 1. The Hall–Kier alpha value is -2.83. The molecule has 1 aliphatic rings. The van der Waals surface area contributed by atoms with Crippen LogP contribution in [0.1, 0.15) is 17.4 Å². The molecule has 2 aromatic rings. The number of allylic oxidation sites excluding steroid dienone is 1. The summed E-state index contributed by atoms with van der Waals surface area (Å²) >= 11 is 0. The predicted octanol–water partition coefficient (Wildman–Crippen LogP) is 1.28. The molecule has 0 unspecified atom stereocenters. The van der Waals surface area contributed by atoms with Crippen LogP contribution in [0.4, 0.5) is 5.95 Å². The second-order valence-electron chi connectivity index (χ2n) is 4.47. The number of hydrogen-bond acceptors (Lipinski definition) is 5. The van der Waals surface area contributed by atoms with Crippen LogP contribution in [0.3, 0.4) is 0 Å². The molecule has 1 aliphatic heterocycles. The molecule has 1 atom stereocenters. The molecule has 0 spiro atoms. The normalized spacial score (nSPS) is 17.1. The number of hydrogen-bond donors (Lipinski definition) is 3. The van der Waals surface area contributed by atoms with E-state index in [0.717, 1.165) is 5.56 Å².